The van der Waals surface area contributed by atoms with Crippen LogP contribution in [0, 0.1) is 0 Å². The highest BCUT2D eigenvalue weighted by Crippen LogP contribution is 2.22. The van der Waals surface area contributed by atoms with Crippen molar-refractivity contribution in [2.24, 2.45) is 5.10 Å². The van der Waals surface area contributed by atoms with Gasteiger partial charge in [0, 0.05) is 37.5 Å². The van der Waals surface area contributed by atoms with E-state index in [4.69, 9.17) is 0 Å². The zero-order chi connectivity index (χ0) is 20.4. The molecule has 1 N–H and O–H groups in total. The summed E-state index contributed by atoms with van der Waals surface area (Å²) in [7, 11) is -1.51. The van der Waals surface area contributed by atoms with Crippen molar-refractivity contribution in [3.05, 3.63) is 42.1 Å². The number of amides is 1. The molecule has 0 saturated carbocycles. The highest BCUT2D eigenvalue weighted by Gasteiger charge is 2.25. The average molecular weight is 433 g/mol. The molecule has 2 aliphatic heterocycles. The van der Waals surface area contributed by atoms with Gasteiger partial charge < -0.3 is 4.90 Å². The van der Waals surface area contributed by atoms with Crippen LogP contribution < -0.4 is 4.72 Å². The molecule has 0 aliphatic carbocycles. The van der Waals surface area contributed by atoms with Gasteiger partial charge in [-0.05, 0) is 28.9 Å². The van der Waals surface area contributed by atoms with Crippen molar-refractivity contribution >= 4 is 43.4 Å². The van der Waals surface area contributed by atoms with Crippen molar-refractivity contribution in [2.45, 2.75) is 0 Å². The average Bonchev–Trinajstić information content (AvgIpc) is 3.12. The van der Waals surface area contributed by atoms with Crippen LogP contribution in [0.5, 0.6) is 0 Å². The van der Waals surface area contributed by atoms with Crippen LogP contribution in [0.4, 0.5) is 5.95 Å². The van der Waals surface area contributed by atoms with E-state index in [-0.39, 0.29) is 41.2 Å². The molecule has 0 spiro atoms. The maximum atomic E-state index is 12.6. The van der Waals surface area contributed by atoms with Gasteiger partial charge in [-0.1, -0.05) is 12.1 Å². The van der Waals surface area contributed by atoms with Gasteiger partial charge >= 0.3 is 0 Å². The van der Waals surface area contributed by atoms with E-state index in [1.807, 2.05) is 24.7 Å². The van der Waals surface area contributed by atoms with E-state index in [2.05, 4.69) is 19.8 Å². The molecule has 1 aromatic carbocycles. The molecule has 3 heterocycles. The lowest BCUT2D eigenvalue weighted by Crippen LogP contribution is -2.43. The number of carbonyl (C=O) groups is 1. The summed E-state index contributed by atoms with van der Waals surface area (Å²) < 4.78 is 26.3. The fraction of sp³-hybridized carbons (Fsp3) is 0.278. The molecule has 29 heavy (non-hydrogen) atoms. The molecule has 0 radical (unpaired) electrons. The minimum Gasteiger partial charge on any atom is -0.337 e. The van der Waals surface area contributed by atoms with Crippen LogP contribution in [0.2, 0.25) is 0 Å². The zero-order valence-electron chi connectivity index (χ0n) is 15.7. The summed E-state index contributed by atoms with van der Waals surface area (Å²) in [5.74, 6) is 0.386. The predicted molar refractivity (Wildman–Crippen MR) is 116 cm³/mol. The molecule has 0 bridgehead atoms. The normalized spacial score (nSPS) is 20.4. The van der Waals surface area contributed by atoms with E-state index in [9.17, 15) is 13.2 Å². The van der Waals surface area contributed by atoms with Crippen LogP contribution in [0.25, 0.3) is 11.3 Å². The predicted octanol–water partition coefficient (Wildman–Crippen LogP) is 1.26. The minimum absolute atomic E-state index is 0.0210. The Morgan fingerprint density at radius 3 is 2.52 bits per heavy atom. The molecule has 1 aromatic heterocycles. The molecule has 9 nitrogen and oxygen atoms in total. The maximum absolute atomic E-state index is 12.6. The SMILES string of the molecule is CN1C=S(Nc2nccc(-c3ccc(C(=O)N4CCS(=O)(=O)CC4)cc3)n2)C=N1. The van der Waals surface area contributed by atoms with Crippen LogP contribution in [0.1, 0.15) is 10.4 Å². The van der Waals surface area contributed by atoms with Gasteiger partial charge in [0.1, 0.15) is 0 Å². The first kappa shape index (κ1) is 19.5. The second-order valence-electron chi connectivity index (χ2n) is 6.66. The molecule has 1 amide bonds. The molecule has 2 aliphatic rings. The summed E-state index contributed by atoms with van der Waals surface area (Å²) in [6.07, 6.45) is 1.68. The van der Waals surface area contributed by atoms with Gasteiger partial charge in [0.2, 0.25) is 5.95 Å². The molecule has 1 saturated heterocycles. The Kier molecular flexibility index (Phi) is 5.33. The number of nitrogens with zero attached hydrogens (tertiary/aromatic N) is 5. The summed E-state index contributed by atoms with van der Waals surface area (Å²) in [4.78, 5) is 23.0. The lowest BCUT2D eigenvalue weighted by molar-refractivity contribution is 0.0770. The van der Waals surface area contributed by atoms with Crippen LogP contribution >= 0.6 is 10.7 Å². The molecule has 1 atom stereocenters. The molecule has 2 aromatic rings. The number of sulfone groups is 1. The largest absolute Gasteiger partial charge is 0.337 e. The van der Waals surface area contributed by atoms with E-state index >= 15 is 0 Å². The molecular formula is C18H20N6O3S2. The number of hydrogen-bond donors (Lipinski definition) is 1. The number of anilines is 1. The van der Waals surface area contributed by atoms with Crippen LogP contribution in [0.3, 0.4) is 0 Å². The Morgan fingerprint density at radius 1 is 1.14 bits per heavy atom. The lowest BCUT2D eigenvalue weighted by Gasteiger charge is -2.26. The van der Waals surface area contributed by atoms with Crippen molar-refractivity contribution in [2.75, 3.05) is 36.4 Å². The Hall–Kier alpha value is -2.79. The molecule has 1 unspecified atom stereocenters. The van der Waals surface area contributed by atoms with Gasteiger partial charge in [-0.15, -0.1) is 0 Å². The van der Waals surface area contributed by atoms with Gasteiger partial charge in [-0.3, -0.25) is 14.5 Å². The summed E-state index contributed by atoms with van der Waals surface area (Å²) in [6, 6.07) is 8.95. The molecule has 4 rings (SSSR count). The first-order valence-corrected chi connectivity index (χ1v) is 12.1. The van der Waals surface area contributed by atoms with E-state index in [1.54, 1.807) is 39.9 Å². The lowest BCUT2D eigenvalue weighted by atomic mass is 10.1. The fourth-order valence-corrected chi connectivity index (χ4v) is 5.26. The monoisotopic (exact) mass is 432 g/mol. The van der Waals surface area contributed by atoms with E-state index in [0.29, 0.717) is 11.5 Å². The maximum Gasteiger partial charge on any atom is 0.253 e. The summed E-state index contributed by atoms with van der Waals surface area (Å²) in [5, 5.41) is 5.87. The zero-order valence-corrected chi connectivity index (χ0v) is 17.4. The number of rotatable bonds is 4. The van der Waals surface area contributed by atoms with Gasteiger partial charge in [0.05, 0.1) is 28.2 Å². The van der Waals surface area contributed by atoms with Crippen LogP contribution in [-0.2, 0) is 9.84 Å². The molecular weight excluding hydrogens is 412 g/mol. The number of benzene rings is 1. The second kappa shape index (κ2) is 7.91. The Morgan fingerprint density at radius 2 is 1.86 bits per heavy atom. The Labute approximate surface area is 171 Å². The minimum atomic E-state index is -3.02. The van der Waals surface area contributed by atoms with E-state index < -0.39 is 9.84 Å². The number of hydrogen-bond acceptors (Lipinski definition) is 8. The quantitative estimate of drug-likeness (QED) is 0.725. The highest BCUT2D eigenvalue weighted by molar-refractivity contribution is 8.27. The van der Waals surface area contributed by atoms with Crippen molar-refractivity contribution in [1.82, 2.24) is 19.9 Å². The van der Waals surface area contributed by atoms with Gasteiger partial charge in [0.15, 0.2) is 9.84 Å². The van der Waals surface area contributed by atoms with Crippen molar-refractivity contribution < 1.29 is 13.2 Å². The van der Waals surface area contributed by atoms with Gasteiger partial charge in [0.25, 0.3) is 5.91 Å². The van der Waals surface area contributed by atoms with E-state index in [1.165, 1.54) is 0 Å². The smallest absolute Gasteiger partial charge is 0.253 e. The number of nitrogens with one attached hydrogen (secondary N) is 1. The Balaban J connectivity index is 1.47. The van der Waals surface area contributed by atoms with Crippen molar-refractivity contribution in [1.29, 1.82) is 0 Å². The number of aromatic nitrogens is 2. The Bertz CT molecular complexity index is 1080. The summed E-state index contributed by atoms with van der Waals surface area (Å²) >= 11 is 0. The molecule has 11 heteroatoms. The molecule has 1 fully saturated rings. The summed E-state index contributed by atoms with van der Waals surface area (Å²) in [5.41, 5.74) is 5.85. The first-order chi connectivity index (χ1) is 13.9. The number of hydrazone groups is 1. The third-order valence-electron chi connectivity index (χ3n) is 4.53. The molecule has 152 valence electrons. The topological polar surface area (TPSA) is 108 Å². The van der Waals surface area contributed by atoms with Crippen molar-refractivity contribution in [3.8, 4) is 11.3 Å². The van der Waals surface area contributed by atoms with Crippen LogP contribution in [0.15, 0.2) is 41.6 Å². The van der Waals surface area contributed by atoms with Gasteiger partial charge in [-0.25, -0.2) is 18.4 Å². The third kappa shape index (κ3) is 4.62. The van der Waals surface area contributed by atoms with Crippen molar-refractivity contribution in [3.63, 3.8) is 0 Å². The number of carbonyl (C=O) groups excluding carboxylic acids is 1. The van der Waals surface area contributed by atoms with Gasteiger partial charge in [-0.2, -0.15) is 5.10 Å². The third-order valence-corrected chi connectivity index (χ3v) is 7.41. The fourth-order valence-electron chi connectivity index (χ4n) is 2.95. The summed E-state index contributed by atoms with van der Waals surface area (Å²) in [6.45, 7) is 0.475. The standard InChI is InChI=1S/C18H20N6O3S2/c1-23-13-28(12-20-23)22-18-19-7-6-16(21-18)14-2-4-15(5-3-14)17(25)24-8-10-29(26,27)11-9-24/h2-7,12-13H,8-11H2,1H3,(H,19,21,22). The van der Waals surface area contributed by atoms with E-state index in [0.717, 1.165) is 11.3 Å². The highest BCUT2D eigenvalue weighted by atomic mass is 32.2. The first-order valence-electron chi connectivity index (χ1n) is 8.93. The second-order valence-corrected chi connectivity index (χ2v) is 10.3. The van der Waals surface area contributed by atoms with Crippen LogP contribution in [-0.4, -0.2) is 76.9 Å².